The molecule has 140 valence electrons. The number of Topliss-reactive ketones (excluding diaryl/α,β-unsaturated/α-hetero) is 1. The topological polar surface area (TPSA) is 87.9 Å². The molecule has 0 atom stereocenters. The summed E-state index contributed by atoms with van der Waals surface area (Å²) in [7, 11) is 0. The van der Waals surface area contributed by atoms with Crippen LogP contribution in [0.2, 0.25) is 0 Å². The molecule has 2 aromatic rings. The van der Waals surface area contributed by atoms with Gasteiger partial charge in [-0.15, -0.1) is 12.4 Å². The summed E-state index contributed by atoms with van der Waals surface area (Å²) in [4.78, 5) is 23.7. The van der Waals surface area contributed by atoms with Gasteiger partial charge in [0, 0.05) is 18.5 Å². The van der Waals surface area contributed by atoms with E-state index in [1.165, 1.54) is 0 Å². The van der Waals surface area contributed by atoms with Gasteiger partial charge in [0.1, 0.15) is 18.1 Å². The maximum atomic E-state index is 12.1. The van der Waals surface area contributed by atoms with Gasteiger partial charge < -0.3 is 19.9 Å². The van der Waals surface area contributed by atoms with Crippen molar-refractivity contribution in [2.24, 2.45) is 5.73 Å². The van der Waals surface area contributed by atoms with Crippen LogP contribution in [0.25, 0.3) is 0 Å². The Bertz CT molecular complexity index is 693. The summed E-state index contributed by atoms with van der Waals surface area (Å²) in [5.74, 6) is 0.529. The highest BCUT2D eigenvalue weighted by atomic mass is 35.5. The predicted octanol–water partition coefficient (Wildman–Crippen LogP) is 2.64. The van der Waals surface area contributed by atoms with Gasteiger partial charge in [-0.05, 0) is 24.3 Å². The minimum Gasteiger partial charge on any atom is -0.492 e. The van der Waals surface area contributed by atoms with Crippen LogP contribution >= 0.6 is 12.4 Å². The molecule has 0 aromatic heterocycles. The smallest absolute Gasteiger partial charge is 0.344 e. The zero-order valence-electron chi connectivity index (χ0n) is 14.3. The second-order valence-corrected chi connectivity index (χ2v) is 5.16. The zero-order chi connectivity index (χ0) is 17.9. The Kier molecular flexibility index (Phi) is 9.82. The molecular formula is C19H22ClNO5. The molecule has 0 fully saturated rings. The number of carbonyl (C=O) groups is 2. The molecule has 2 rings (SSSR count). The van der Waals surface area contributed by atoms with Crippen LogP contribution in [0, 0.1) is 0 Å². The zero-order valence-corrected chi connectivity index (χ0v) is 15.1. The summed E-state index contributed by atoms with van der Waals surface area (Å²) in [6, 6.07) is 15.8. The number of hydrogen-bond acceptors (Lipinski definition) is 6. The molecule has 2 N–H and O–H groups in total. The number of benzene rings is 2. The third-order valence-corrected chi connectivity index (χ3v) is 3.23. The number of ketones is 1. The molecule has 0 aliphatic heterocycles. The molecule has 0 saturated carbocycles. The van der Waals surface area contributed by atoms with E-state index in [-0.39, 0.29) is 37.8 Å². The van der Waals surface area contributed by atoms with Gasteiger partial charge in [0.15, 0.2) is 12.4 Å². The largest absolute Gasteiger partial charge is 0.492 e. The molecule has 0 radical (unpaired) electrons. The first-order chi connectivity index (χ1) is 12.2. The fourth-order valence-corrected chi connectivity index (χ4v) is 2.04. The molecule has 2 aromatic carbocycles. The van der Waals surface area contributed by atoms with E-state index in [2.05, 4.69) is 0 Å². The van der Waals surface area contributed by atoms with E-state index < -0.39 is 5.97 Å². The van der Waals surface area contributed by atoms with Crippen molar-refractivity contribution in [2.75, 3.05) is 26.4 Å². The van der Waals surface area contributed by atoms with Gasteiger partial charge in [-0.3, -0.25) is 4.79 Å². The van der Waals surface area contributed by atoms with Crippen LogP contribution in [0.1, 0.15) is 16.8 Å². The lowest BCUT2D eigenvalue weighted by Crippen LogP contribution is -2.17. The molecule has 6 nitrogen and oxygen atoms in total. The molecule has 0 amide bonds. The molecule has 7 heteroatoms. The summed E-state index contributed by atoms with van der Waals surface area (Å²) < 4.78 is 15.7. The molecule has 0 aliphatic carbocycles. The van der Waals surface area contributed by atoms with Crippen LogP contribution in [0.5, 0.6) is 11.5 Å². The number of carbonyl (C=O) groups excluding carboxylic acids is 2. The van der Waals surface area contributed by atoms with E-state index in [1.54, 1.807) is 36.4 Å². The van der Waals surface area contributed by atoms with Crippen molar-refractivity contribution in [1.82, 2.24) is 0 Å². The van der Waals surface area contributed by atoms with Crippen molar-refractivity contribution in [3.8, 4) is 11.5 Å². The number of hydrogen-bond donors (Lipinski definition) is 1. The third-order valence-electron chi connectivity index (χ3n) is 3.23. The minimum atomic E-state index is -0.517. The minimum absolute atomic E-state index is 0. The van der Waals surface area contributed by atoms with Crippen molar-refractivity contribution < 1.29 is 23.8 Å². The summed E-state index contributed by atoms with van der Waals surface area (Å²) >= 11 is 0. The van der Waals surface area contributed by atoms with Gasteiger partial charge >= 0.3 is 5.97 Å². The summed E-state index contributed by atoms with van der Waals surface area (Å²) in [5.41, 5.74) is 5.89. The Morgan fingerprint density at radius 2 is 1.62 bits per heavy atom. The van der Waals surface area contributed by atoms with Crippen LogP contribution < -0.4 is 15.2 Å². The first kappa shape index (κ1) is 21.5. The molecule has 0 spiro atoms. The monoisotopic (exact) mass is 379 g/mol. The van der Waals surface area contributed by atoms with Crippen LogP contribution in [-0.2, 0) is 9.53 Å². The summed E-state index contributed by atoms with van der Waals surface area (Å²) in [5, 5.41) is 0. The van der Waals surface area contributed by atoms with Gasteiger partial charge in [-0.2, -0.15) is 0 Å². The number of ether oxygens (including phenoxy) is 3. The lowest BCUT2D eigenvalue weighted by atomic mass is 10.1. The number of nitrogens with two attached hydrogens (primary N) is 1. The van der Waals surface area contributed by atoms with Gasteiger partial charge in [-0.25, -0.2) is 4.79 Å². The Labute approximate surface area is 158 Å². The number of esters is 1. The summed E-state index contributed by atoms with van der Waals surface area (Å²) in [6.07, 6.45) is 0.0947. The van der Waals surface area contributed by atoms with Crippen molar-refractivity contribution >= 4 is 24.2 Å². The van der Waals surface area contributed by atoms with Crippen molar-refractivity contribution in [3.05, 3.63) is 60.2 Å². The molecule has 26 heavy (non-hydrogen) atoms. The maximum Gasteiger partial charge on any atom is 0.344 e. The van der Waals surface area contributed by atoms with Crippen molar-refractivity contribution in [3.63, 3.8) is 0 Å². The van der Waals surface area contributed by atoms with Crippen molar-refractivity contribution in [2.45, 2.75) is 6.42 Å². The third kappa shape index (κ3) is 7.55. The molecule has 0 aliphatic rings. The highest BCUT2D eigenvalue weighted by Gasteiger charge is 2.10. The summed E-state index contributed by atoms with van der Waals surface area (Å²) in [6.45, 7) is 0.597. The number of para-hydroxylation sites is 1. The molecule has 0 heterocycles. The maximum absolute atomic E-state index is 12.1. The van der Waals surface area contributed by atoms with E-state index in [9.17, 15) is 9.59 Å². The van der Waals surface area contributed by atoms with Crippen LogP contribution in [0.15, 0.2) is 54.6 Å². The average molecular weight is 380 g/mol. The van der Waals surface area contributed by atoms with E-state index in [0.29, 0.717) is 30.2 Å². The van der Waals surface area contributed by atoms with Gasteiger partial charge in [0.05, 0.1) is 6.61 Å². The Morgan fingerprint density at radius 3 is 2.35 bits per heavy atom. The molecule has 0 saturated heterocycles. The Hall–Kier alpha value is -2.57. The number of rotatable bonds is 10. The Morgan fingerprint density at radius 1 is 0.885 bits per heavy atom. The van der Waals surface area contributed by atoms with E-state index in [4.69, 9.17) is 19.9 Å². The van der Waals surface area contributed by atoms with Crippen LogP contribution in [0.3, 0.4) is 0 Å². The van der Waals surface area contributed by atoms with Gasteiger partial charge in [0.25, 0.3) is 0 Å². The quantitative estimate of drug-likeness (QED) is 0.504. The second-order valence-electron chi connectivity index (χ2n) is 5.16. The fourth-order valence-electron chi connectivity index (χ4n) is 2.04. The molecule has 0 unspecified atom stereocenters. The van der Waals surface area contributed by atoms with Crippen LogP contribution in [0.4, 0.5) is 0 Å². The van der Waals surface area contributed by atoms with E-state index >= 15 is 0 Å². The van der Waals surface area contributed by atoms with Gasteiger partial charge in [-0.1, -0.05) is 30.3 Å². The van der Waals surface area contributed by atoms with E-state index in [1.807, 2.05) is 18.2 Å². The SMILES string of the molecule is Cl.NCCOc1cccc(C(=O)CCOC(=O)COc2ccccc2)c1. The van der Waals surface area contributed by atoms with Crippen LogP contribution in [-0.4, -0.2) is 38.1 Å². The van der Waals surface area contributed by atoms with Crippen molar-refractivity contribution in [1.29, 1.82) is 0 Å². The number of halogens is 1. The lowest BCUT2D eigenvalue weighted by molar-refractivity contribution is -0.145. The standard InChI is InChI=1S/C19H21NO5.ClH/c20-10-12-23-17-8-4-5-15(13-17)18(21)9-11-24-19(22)14-25-16-6-2-1-3-7-16;/h1-8,13H,9-12,14,20H2;1H. The first-order valence-electron chi connectivity index (χ1n) is 7.98. The fraction of sp³-hybridized carbons (Fsp3) is 0.263. The molecular weight excluding hydrogens is 358 g/mol. The lowest BCUT2D eigenvalue weighted by Gasteiger charge is -2.08. The Balaban J connectivity index is 0.00000338. The normalized spacial score (nSPS) is 9.73. The first-order valence-corrected chi connectivity index (χ1v) is 7.98. The molecule has 0 bridgehead atoms. The second kappa shape index (κ2) is 11.9. The average Bonchev–Trinajstić information content (AvgIpc) is 2.65. The predicted molar refractivity (Wildman–Crippen MR) is 100 cm³/mol. The highest BCUT2D eigenvalue weighted by Crippen LogP contribution is 2.14. The van der Waals surface area contributed by atoms with Gasteiger partial charge in [0.2, 0.25) is 0 Å². The van der Waals surface area contributed by atoms with E-state index in [0.717, 1.165) is 0 Å². The highest BCUT2D eigenvalue weighted by molar-refractivity contribution is 5.96.